The lowest BCUT2D eigenvalue weighted by Gasteiger charge is -2.01. The van der Waals surface area contributed by atoms with Crippen LogP contribution in [0.3, 0.4) is 0 Å². The third-order valence-electron chi connectivity index (χ3n) is 2.18. The van der Waals surface area contributed by atoms with Gasteiger partial charge in [-0.3, -0.25) is 9.78 Å². The minimum Gasteiger partial charge on any atom is -0.267 e. The van der Waals surface area contributed by atoms with Crippen LogP contribution in [-0.2, 0) is 0 Å². The first-order valence-electron chi connectivity index (χ1n) is 5.25. The lowest BCUT2D eigenvalue weighted by atomic mass is 10.2. The van der Waals surface area contributed by atoms with Gasteiger partial charge in [-0.05, 0) is 34.1 Å². The molecule has 1 N–H and O–H groups in total. The number of nitrogens with one attached hydrogen (secondary N) is 1. The summed E-state index contributed by atoms with van der Waals surface area (Å²) in [5.74, 6) is -0.261. The first-order chi connectivity index (χ1) is 8.77. The highest BCUT2D eigenvalue weighted by Crippen LogP contribution is 2.15. The number of carbonyl (C=O) groups is 1. The van der Waals surface area contributed by atoms with Gasteiger partial charge in [-0.2, -0.15) is 5.10 Å². The maximum absolute atomic E-state index is 11.8. The van der Waals surface area contributed by atoms with Gasteiger partial charge in [-0.1, -0.05) is 18.2 Å². The highest BCUT2D eigenvalue weighted by atomic mass is 79.9. The van der Waals surface area contributed by atoms with Crippen LogP contribution in [-0.4, -0.2) is 17.1 Å². The Labute approximate surface area is 113 Å². The lowest BCUT2D eigenvalue weighted by Crippen LogP contribution is -2.18. The number of nitrogens with zero attached hydrogens (tertiary/aromatic N) is 2. The minimum absolute atomic E-state index is 0.261. The van der Waals surface area contributed by atoms with E-state index in [4.69, 9.17) is 0 Å². The fourth-order valence-electron chi connectivity index (χ4n) is 1.32. The Hall–Kier alpha value is -2.01. The molecular formula is C13H10BrN3O. The smallest absolute Gasteiger partial charge is 0.267 e. The van der Waals surface area contributed by atoms with Crippen LogP contribution in [0.15, 0.2) is 58.4 Å². The molecule has 5 heteroatoms. The Morgan fingerprint density at radius 3 is 2.83 bits per heavy atom. The molecule has 1 heterocycles. The van der Waals surface area contributed by atoms with E-state index >= 15 is 0 Å². The number of halogens is 1. The van der Waals surface area contributed by atoms with E-state index in [-0.39, 0.29) is 5.91 Å². The molecule has 18 heavy (non-hydrogen) atoms. The van der Waals surface area contributed by atoms with E-state index in [0.29, 0.717) is 5.56 Å². The van der Waals surface area contributed by atoms with E-state index in [9.17, 15) is 4.79 Å². The van der Waals surface area contributed by atoms with E-state index in [0.717, 1.165) is 10.0 Å². The van der Waals surface area contributed by atoms with Crippen LogP contribution < -0.4 is 5.43 Å². The number of carbonyl (C=O) groups excluding carboxylic acids is 1. The summed E-state index contributed by atoms with van der Waals surface area (Å²) in [7, 11) is 0. The number of benzene rings is 1. The average molecular weight is 304 g/mol. The highest BCUT2D eigenvalue weighted by Gasteiger charge is 2.07. The molecule has 1 amide bonds. The first-order valence-corrected chi connectivity index (χ1v) is 6.04. The van der Waals surface area contributed by atoms with Gasteiger partial charge < -0.3 is 0 Å². The van der Waals surface area contributed by atoms with Crippen molar-refractivity contribution in [1.82, 2.24) is 10.4 Å². The molecule has 2 aromatic rings. The zero-order valence-electron chi connectivity index (χ0n) is 9.38. The highest BCUT2D eigenvalue weighted by molar-refractivity contribution is 9.10. The Morgan fingerprint density at radius 2 is 2.11 bits per heavy atom. The molecule has 0 fully saturated rings. The lowest BCUT2D eigenvalue weighted by molar-refractivity contribution is 0.0954. The first kappa shape index (κ1) is 12.4. The summed E-state index contributed by atoms with van der Waals surface area (Å²) >= 11 is 3.31. The Kier molecular flexibility index (Phi) is 4.20. The molecule has 1 aromatic carbocycles. The second kappa shape index (κ2) is 6.07. The van der Waals surface area contributed by atoms with Gasteiger partial charge in [0.25, 0.3) is 5.91 Å². The molecular weight excluding hydrogens is 294 g/mol. The van der Waals surface area contributed by atoms with Crippen molar-refractivity contribution in [3.63, 3.8) is 0 Å². The molecule has 0 spiro atoms. The Morgan fingerprint density at radius 1 is 1.28 bits per heavy atom. The predicted molar refractivity (Wildman–Crippen MR) is 73.4 cm³/mol. The summed E-state index contributed by atoms with van der Waals surface area (Å²) in [4.78, 5) is 15.7. The number of aromatic nitrogens is 1. The largest absolute Gasteiger partial charge is 0.272 e. The van der Waals surface area contributed by atoms with Crippen LogP contribution in [0.1, 0.15) is 15.9 Å². The zero-order valence-corrected chi connectivity index (χ0v) is 11.0. The quantitative estimate of drug-likeness (QED) is 0.700. The van der Waals surface area contributed by atoms with Crippen LogP contribution in [0.4, 0.5) is 0 Å². The van der Waals surface area contributed by atoms with Crippen LogP contribution >= 0.6 is 15.9 Å². The summed E-state index contributed by atoms with van der Waals surface area (Å²) in [5, 5.41) is 3.87. The van der Waals surface area contributed by atoms with Crippen LogP contribution in [0.25, 0.3) is 0 Å². The molecule has 0 aliphatic rings. The maximum atomic E-state index is 11.8. The standard InChI is InChI=1S/C13H10BrN3O/c14-12-6-2-1-5-11(12)13(18)17-16-9-10-4-3-7-15-8-10/h1-9H,(H,17,18)/b16-9-. The monoisotopic (exact) mass is 303 g/mol. The summed E-state index contributed by atoms with van der Waals surface area (Å²) in [5.41, 5.74) is 3.83. The second-order valence-electron chi connectivity index (χ2n) is 3.47. The molecule has 1 aromatic heterocycles. The molecule has 2 rings (SSSR count). The normalized spacial score (nSPS) is 10.5. The van der Waals surface area contributed by atoms with Gasteiger partial charge >= 0.3 is 0 Å². The average Bonchev–Trinajstić information content (AvgIpc) is 2.40. The summed E-state index contributed by atoms with van der Waals surface area (Å²) < 4.78 is 0.735. The van der Waals surface area contributed by atoms with E-state index in [1.54, 1.807) is 42.9 Å². The number of hydrogen-bond acceptors (Lipinski definition) is 3. The fraction of sp³-hybridized carbons (Fsp3) is 0. The number of hydrazone groups is 1. The van der Waals surface area contributed by atoms with Gasteiger partial charge in [0.15, 0.2) is 0 Å². The third kappa shape index (κ3) is 3.24. The molecule has 90 valence electrons. The molecule has 0 saturated carbocycles. The molecule has 0 radical (unpaired) electrons. The number of hydrogen-bond donors (Lipinski definition) is 1. The van der Waals surface area contributed by atoms with Crippen molar-refractivity contribution in [2.45, 2.75) is 0 Å². The number of rotatable bonds is 3. The van der Waals surface area contributed by atoms with Crippen molar-refractivity contribution in [3.05, 3.63) is 64.4 Å². The Balaban J connectivity index is 2.01. The van der Waals surface area contributed by atoms with Crippen molar-refractivity contribution < 1.29 is 4.79 Å². The van der Waals surface area contributed by atoms with Gasteiger partial charge in [0.2, 0.25) is 0 Å². The van der Waals surface area contributed by atoms with Crippen molar-refractivity contribution in [2.75, 3.05) is 0 Å². The van der Waals surface area contributed by atoms with Crippen molar-refractivity contribution in [1.29, 1.82) is 0 Å². The van der Waals surface area contributed by atoms with E-state index < -0.39 is 0 Å². The minimum atomic E-state index is -0.261. The molecule has 0 aliphatic carbocycles. The molecule has 4 nitrogen and oxygen atoms in total. The predicted octanol–water partition coefficient (Wildman–Crippen LogP) is 2.61. The zero-order chi connectivity index (χ0) is 12.8. The van der Waals surface area contributed by atoms with E-state index in [1.165, 1.54) is 0 Å². The number of amides is 1. The molecule has 0 aliphatic heterocycles. The van der Waals surface area contributed by atoms with E-state index in [1.807, 2.05) is 12.1 Å². The summed E-state index contributed by atoms with van der Waals surface area (Å²) in [6.07, 6.45) is 4.88. The van der Waals surface area contributed by atoms with Crippen LogP contribution in [0, 0.1) is 0 Å². The molecule has 0 bridgehead atoms. The maximum Gasteiger partial charge on any atom is 0.272 e. The van der Waals surface area contributed by atoms with Gasteiger partial charge in [0.1, 0.15) is 0 Å². The fourth-order valence-corrected chi connectivity index (χ4v) is 1.79. The summed E-state index contributed by atoms with van der Waals surface area (Å²) in [6, 6.07) is 10.8. The SMILES string of the molecule is O=C(N/N=C\c1cccnc1)c1ccccc1Br. The molecule has 0 saturated heterocycles. The second-order valence-corrected chi connectivity index (χ2v) is 4.32. The van der Waals surface area contributed by atoms with Crippen molar-refractivity contribution in [3.8, 4) is 0 Å². The van der Waals surface area contributed by atoms with Gasteiger partial charge in [0.05, 0.1) is 11.8 Å². The molecule has 0 unspecified atom stereocenters. The van der Waals surface area contributed by atoms with Crippen LogP contribution in [0.2, 0.25) is 0 Å². The van der Waals surface area contributed by atoms with Gasteiger partial charge in [0, 0.05) is 22.4 Å². The van der Waals surface area contributed by atoms with Crippen molar-refractivity contribution in [2.24, 2.45) is 5.10 Å². The van der Waals surface area contributed by atoms with E-state index in [2.05, 4.69) is 31.4 Å². The number of pyridine rings is 1. The molecule has 0 atom stereocenters. The van der Waals surface area contributed by atoms with Gasteiger partial charge in [-0.25, -0.2) is 5.43 Å². The van der Waals surface area contributed by atoms with Crippen molar-refractivity contribution >= 4 is 28.1 Å². The van der Waals surface area contributed by atoms with Crippen LogP contribution in [0.5, 0.6) is 0 Å². The topological polar surface area (TPSA) is 54.4 Å². The summed E-state index contributed by atoms with van der Waals surface area (Å²) in [6.45, 7) is 0. The Bertz CT molecular complexity index is 569. The van der Waals surface area contributed by atoms with Gasteiger partial charge in [-0.15, -0.1) is 0 Å². The third-order valence-corrected chi connectivity index (χ3v) is 2.87.